The minimum atomic E-state index is -1.14. The molecular formula is C10H13N3O3S. The molecule has 1 aromatic heterocycles. The first kappa shape index (κ1) is 13.5. The van der Waals surface area contributed by atoms with Crippen molar-refractivity contribution in [3.05, 3.63) is 24.4 Å². The van der Waals surface area contributed by atoms with Crippen LogP contribution in [0.4, 0.5) is 0 Å². The molecule has 2 atom stereocenters. The standard InChI is InChI=1S/C10H13N3O3S/c1-6(11)8(14)13-9(10(15)16)17-7-4-2-3-5-12-7/h2-6,9H,11H2,1H3,(H,13,14)(H,15,16)/t6-,9?/m0/s1. The first-order valence-electron chi connectivity index (χ1n) is 4.87. The van der Waals surface area contributed by atoms with Crippen LogP contribution < -0.4 is 11.1 Å². The van der Waals surface area contributed by atoms with E-state index in [1.54, 1.807) is 24.4 Å². The summed E-state index contributed by atoms with van der Waals surface area (Å²) in [5.41, 5.74) is 5.35. The van der Waals surface area contributed by atoms with Crippen LogP contribution >= 0.6 is 11.8 Å². The maximum atomic E-state index is 11.3. The molecule has 0 aliphatic heterocycles. The lowest BCUT2D eigenvalue weighted by atomic mass is 10.3. The molecule has 6 nitrogen and oxygen atoms in total. The zero-order valence-electron chi connectivity index (χ0n) is 9.16. The predicted octanol–water partition coefficient (Wildman–Crippen LogP) is 0.0478. The van der Waals surface area contributed by atoms with Gasteiger partial charge in [0.25, 0.3) is 0 Å². The van der Waals surface area contributed by atoms with Crippen molar-refractivity contribution >= 4 is 23.6 Å². The lowest BCUT2D eigenvalue weighted by molar-refractivity contribution is -0.139. The molecule has 0 spiro atoms. The van der Waals surface area contributed by atoms with Crippen molar-refractivity contribution in [2.75, 3.05) is 0 Å². The monoisotopic (exact) mass is 255 g/mol. The molecular weight excluding hydrogens is 242 g/mol. The lowest BCUT2D eigenvalue weighted by Crippen LogP contribution is -2.45. The number of rotatable bonds is 5. The summed E-state index contributed by atoms with van der Waals surface area (Å²) in [4.78, 5) is 26.2. The molecule has 0 fully saturated rings. The molecule has 0 bridgehead atoms. The van der Waals surface area contributed by atoms with E-state index in [4.69, 9.17) is 10.8 Å². The number of hydrogen-bond donors (Lipinski definition) is 3. The van der Waals surface area contributed by atoms with Crippen molar-refractivity contribution in [3.63, 3.8) is 0 Å². The molecule has 0 radical (unpaired) electrons. The summed E-state index contributed by atoms with van der Waals surface area (Å²) in [6.07, 6.45) is 1.55. The highest BCUT2D eigenvalue weighted by molar-refractivity contribution is 8.00. The molecule has 92 valence electrons. The summed E-state index contributed by atoms with van der Waals surface area (Å²) in [5.74, 6) is -1.66. The molecule has 1 amide bonds. The first-order chi connectivity index (χ1) is 8.00. The van der Waals surface area contributed by atoms with Gasteiger partial charge in [0.2, 0.25) is 5.91 Å². The number of amides is 1. The second-order valence-corrected chi connectivity index (χ2v) is 4.43. The van der Waals surface area contributed by atoms with Crippen LogP contribution in [-0.2, 0) is 9.59 Å². The molecule has 1 unspecified atom stereocenters. The van der Waals surface area contributed by atoms with E-state index >= 15 is 0 Å². The zero-order chi connectivity index (χ0) is 12.8. The minimum Gasteiger partial charge on any atom is -0.479 e. The molecule has 0 saturated carbocycles. The van der Waals surface area contributed by atoms with Crippen LogP contribution in [-0.4, -0.2) is 33.4 Å². The van der Waals surface area contributed by atoms with E-state index in [0.717, 1.165) is 11.8 Å². The van der Waals surface area contributed by atoms with Gasteiger partial charge in [0.05, 0.1) is 11.1 Å². The number of pyridine rings is 1. The Kier molecular flexibility index (Phi) is 4.92. The van der Waals surface area contributed by atoms with Crippen LogP contribution in [0.5, 0.6) is 0 Å². The summed E-state index contributed by atoms with van der Waals surface area (Å²) in [6, 6.07) is 4.38. The van der Waals surface area contributed by atoms with E-state index in [1.165, 1.54) is 6.92 Å². The zero-order valence-corrected chi connectivity index (χ0v) is 9.98. The fourth-order valence-electron chi connectivity index (χ4n) is 0.940. The van der Waals surface area contributed by atoms with Crippen molar-refractivity contribution in [1.82, 2.24) is 10.3 Å². The number of thioether (sulfide) groups is 1. The average Bonchev–Trinajstić information content (AvgIpc) is 2.29. The van der Waals surface area contributed by atoms with Gasteiger partial charge in [-0.15, -0.1) is 0 Å². The number of nitrogens with zero attached hydrogens (tertiary/aromatic N) is 1. The van der Waals surface area contributed by atoms with Crippen LogP contribution in [0.25, 0.3) is 0 Å². The molecule has 7 heteroatoms. The molecule has 1 aromatic rings. The number of nitrogens with two attached hydrogens (primary N) is 1. The fraction of sp³-hybridized carbons (Fsp3) is 0.300. The molecule has 1 heterocycles. The summed E-state index contributed by atoms with van der Waals surface area (Å²) in [6.45, 7) is 1.49. The van der Waals surface area contributed by atoms with Gasteiger partial charge in [-0.2, -0.15) is 0 Å². The number of aromatic nitrogens is 1. The Bertz CT molecular complexity index is 397. The highest BCUT2D eigenvalue weighted by atomic mass is 32.2. The maximum absolute atomic E-state index is 11.3. The van der Waals surface area contributed by atoms with Crippen molar-refractivity contribution in [2.45, 2.75) is 23.4 Å². The van der Waals surface area contributed by atoms with Crippen LogP contribution in [0.15, 0.2) is 29.4 Å². The SMILES string of the molecule is C[C@H](N)C(=O)NC(Sc1ccccn1)C(=O)O. The molecule has 4 N–H and O–H groups in total. The number of aliphatic carboxylic acids is 1. The van der Waals surface area contributed by atoms with Gasteiger partial charge in [0.1, 0.15) is 0 Å². The highest BCUT2D eigenvalue weighted by Gasteiger charge is 2.22. The first-order valence-corrected chi connectivity index (χ1v) is 5.75. The Hall–Kier alpha value is -1.60. The Balaban J connectivity index is 2.68. The summed E-state index contributed by atoms with van der Waals surface area (Å²) in [5, 5.41) is 10.7. The lowest BCUT2D eigenvalue weighted by Gasteiger charge is -2.14. The molecule has 0 saturated heterocycles. The van der Waals surface area contributed by atoms with E-state index in [9.17, 15) is 9.59 Å². The largest absolute Gasteiger partial charge is 0.479 e. The Morgan fingerprint density at radius 1 is 1.53 bits per heavy atom. The summed E-state index contributed by atoms with van der Waals surface area (Å²) >= 11 is 0.944. The van der Waals surface area contributed by atoms with Crippen LogP contribution in [0, 0.1) is 0 Å². The van der Waals surface area contributed by atoms with E-state index in [0.29, 0.717) is 5.03 Å². The molecule has 1 rings (SSSR count). The van der Waals surface area contributed by atoms with Crippen molar-refractivity contribution in [1.29, 1.82) is 0 Å². The van der Waals surface area contributed by atoms with Gasteiger partial charge in [-0.25, -0.2) is 9.78 Å². The number of nitrogens with one attached hydrogen (secondary N) is 1. The second kappa shape index (κ2) is 6.21. The van der Waals surface area contributed by atoms with E-state index in [-0.39, 0.29) is 0 Å². The Labute approximate surface area is 103 Å². The average molecular weight is 255 g/mol. The van der Waals surface area contributed by atoms with Crippen molar-refractivity contribution in [2.24, 2.45) is 5.73 Å². The molecule has 0 aromatic carbocycles. The Morgan fingerprint density at radius 3 is 2.71 bits per heavy atom. The van der Waals surface area contributed by atoms with Gasteiger partial charge in [-0.3, -0.25) is 4.79 Å². The number of hydrogen-bond acceptors (Lipinski definition) is 5. The third-order valence-electron chi connectivity index (χ3n) is 1.79. The maximum Gasteiger partial charge on any atom is 0.337 e. The van der Waals surface area contributed by atoms with E-state index in [2.05, 4.69) is 10.3 Å². The van der Waals surface area contributed by atoms with Crippen molar-refractivity contribution in [3.8, 4) is 0 Å². The highest BCUT2D eigenvalue weighted by Crippen LogP contribution is 2.19. The third-order valence-corrected chi connectivity index (χ3v) is 2.83. The van der Waals surface area contributed by atoms with Gasteiger partial charge in [0.15, 0.2) is 5.37 Å². The molecule has 0 aliphatic carbocycles. The topological polar surface area (TPSA) is 105 Å². The number of carbonyl (C=O) groups excluding carboxylic acids is 1. The fourth-order valence-corrected chi connectivity index (χ4v) is 1.74. The molecule has 0 aliphatic rings. The summed E-state index contributed by atoms with van der Waals surface area (Å²) in [7, 11) is 0. The third kappa shape index (κ3) is 4.41. The van der Waals surface area contributed by atoms with Crippen LogP contribution in [0.3, 0.4) is 0 Å². The predicted molar refractivity (Wildman–Crippen MR) is 63.3 cm³/mol. The number of carboxylic acid groups (broad SMARTS) is 1. The van der Waals surface area contributed by atoms with Gasteiger partial charge in [0, 0.05) is 6.20 Å². The second-order valence-electron chi connectivity index (χ2n) is 3.30. The normalized spacial score (nSPS) is 13.8. The Morgan fingerprint density at radius 2 is 2.24 bits per heavy atom. The summed E-state index contributed by atoms with van der Waals surface area (Å²) < 4.78 is 0. The number of carbonyl (C=O) groups is 2. The van der Waals surface area contributed by atoms with Gasteiger partial charge < -0.3 is 16.2 Å². The van der Waals surface area contributed by atoms with Crippen LogP contribution in [0.1, 0.15) is 6.92 Å². The van der Waals surface area contributed by atoms with E-state index in [1.807, 2.05) is 0 Å². The quantitative estimate of drug-likeness (QED) is 0.507. The number of carboxylic acids is 1. The smallest absolute Gasteiger partial charge is 0.337 e. The van der Waals surface area contributed by atoms with Crippen molar-refractivity contribution < 1.29 is 14.7 Å². The van der Waals surface area contributed by atoms with Crippen LogP contribution in [0.2, 0.25) is 0 Å². The van der Waals surface area contributed by atoms with Gasteiger partial charge in [-0.1, -0.05) is 17.8 Å². The minimum absolute atomic E-state index is 0.513. The van der Waals surface area contributed by atoms with Gasteiger partial charge in [-0.05, 0) is 19.1 Å². The van der Waals surface area contributed by atoms with E-state index < -0.39 is 23.3 Å². The van der Waals surface area contributed by atoms with Gasteiger partial charge >= 0.3 is 5.97 Å². The molecule has 17 heavy (non-hydrogen) atoms.